The van der Waals surface area contributed by atoms with Gasteiger partial charge in [0.2, 0.25) is 0 Å². The van der Waals surface area contributed by atoms with Crippen LogP contribution in [0.2, 0.25) is 10.0 Å². The highest BCUT2D eigenvalue weighted by atomic mass is 35.5. The number of anilines is 2. The molecular formula is C31H31Cl2N7O3. The summed E-state index contributed by atoms with van der Waals surface area (Å²) < 4.78 is 1.28. The van der Waals surface area contributed by atoms with Gasteiger partial charge in [0.25, 0.3) is 11.5 Å². The Kier molecular flexibility index (Phi) is 9.40. The van der Waals surface area contributed by atoms with Crippen LogP contribution in [0.1, 0.15) is 30.1 Å². The number of hydrogen-bond donors (Lipinski definition) is 3. The summed E-state index contributed by atoms with van der Waals surface area (Å²) in [6, 6.07) is 16.1. The predicted octanol–water partition coefficient (Wildman–Crippen LogP) is 5.77. The summed E-state index contributed by atoms with van der Waals surface area (Å²) in [4.78, 5) is 45.0. The van der Waals surface area contributed by atoms with Gasteiger partial charge in [0.1, 0.15) is 5.69 Å². The number of aromatic nitrogens is 3. The largest absolute Gasteiger partial charge is 0.349 e. The van der Waals surface area contributed by atoms with Crippen LogP contribution < -0.4 is 21.5 Å². The first-order valence-electron chi connectivity index (χ1n) is 13.9. The maximum Gasteiger partial charge on any atom is 0.323 e. The quantitative estimate of drug-likeness (QED) is 0.241. The lowest BCUT2D eigenvalue weighted by Gasteiger charge is -2.29. The van der Waals surface area contributed by atoms with Gasteiger partial charge in [0.15, 0.2) is 0 Å². The molecule has 3 heterocycles. The molecule has 43 heavy (non-hydrogen) atoms. The van der Waals surface area contributed by atoms with E-state index in [1.807, 2.05) is 48.5 Å². The van der Waals surface area contributed by atoms with Crippen LogP contribution in [0.15, 0.2) is 71.8 Å². The third kappa shape index (κ3) is 7.22. The number of nitrogens with zero attached hydrogens (tertiary/aromatic N) is 4. The summed E-state index contributed by atoms with van der Waals surface area (Å²) in [5, 5.41) is 13.1. The van der Waals surface area contributed by atoms with Crippen LogP contribution >= 0.6 is 23.2 Å². The molecule has 222 valence electrons. The number of aryl methyl sites for hydroxylation is 1. The van der Waals surface area contributed by atoms with Crippen molar-refractivity contribution in [2.75, 3.05) is 30.8 Å². The van der Waals surface area contributed by atoms with Gasteiger partial charge in [0.05, 0.1) is 21.4 Å². The molecule has 0 bridgehead atoms. The van der Waals surface area contributed by atoms with Crippen molar-refractivity contribution in [2.24, 2.45) is 0 Å². The van der Waals surface area contributed by atoms with Gasteiger partial charge in [-0.15, -0.1) is 0 Å². The van der Waals surface area contributed by atoms with Gasteiger partial charge in [-0.05, 0) is 75.3 Å². The van der Waals surface area contributed by atoms with Crippen LogP contribution in [0.5, 0.6) is 0 Å². The first-order chi connectivity index (χ1) is 20.7. The number of benzene rings is 2. The Hall–Kier alpha value is -4.25. The fraction of sp³-hybridized carbons (Fsp3) is 0.258. The molecular weight excluding hydrogens is 589 g/mol. The minimum atomic E-state index is -0.698. The van der Waals surface area contributed by atoms with E-state index < -0.39 is 11.6 Å². The number of amides is 3. The van der Waals surface area contributed by atoms with Crippen molar-refractivity contribution >= 4 is 46.5 Å². The fourth-order valence-corrected chi connectivity index (χ4v) is 5.36. The van der Waals surface area contributed by atoms with Gasteiger partial charge in [-0.1, -0.05) is 53.5 Å². The zero-order valence-corrected chi connectivity index (χ0v) is 25.2. The van der Waals surface area contributed by atoms with Gasteiger partial charge < -0.3 is 20.9 Å². The second-order valence-corrected chi connectivity index (χ2v) is 11.1. The molecule has 1 aliphatic rings. The standard InChI is InChI=1S/C31H31Cl2N7O3/c1-3-40-30(42)27(36-31(43)37-28-24(32)17-34-18-25(28)33)16-26(38-40)21-8-4-6-19(14-21)20-7-5-9-22(15-20)29(41)35-23-10-12-39(2)13-11-23/h4-9,14-18,23H,3,10-13H2,1-2H3,(H,35,41)(H2,34,36,37,43). The number of pyridine rings is 1. The molecule has 3 amide bonds. The summed E-state index contributed by atoms with van der Waals surface area (Å²) >= 11 is 12.2. The topological polar surface area (TPSA) is 121 Å². The van der Waals surface area contributed by atoms with Crippen molar-refractivity contribution in [2.45, 2.75) is 32.4 Å². The van der Waals surface area contributed by atoms with Crippen LogP contribution in [-0.2, 0) is 6.54 Å². The molecule has 0 radical (unpaired) electrons. The molecule has 10 nitrogen and oxygen atoms in total. The Bertz CT molecular complexity index is 1700. The second-order valence-electron chi connectivity index (χ2n) is 10.3. The Morgan fingerprint density at radius 1 is 0.930 bits per heavy atom. The highest BCUT2D eigenvalue weighted by molar-refractivity contribution is 6.39. The minimum Gasteiger partial charge on any atom is -0.349 e. The van der Waals surface area contributed by atoms with Crippen molar-refractivity contribution in [3.63, 3.8) is 0 Å². The smallest absolute Gasteiger partial charge is 0.323 e. The first-order valence-corrected chi connectivity index (χ1v) is 14.7. The summed E-state index contributed by atoms with van der Waals surface area (Å²) in [5.41, 5.74) is 3.28. The minimum absolute atomic E-state index is 0.0311. The van der Waals surface area contributed by atoms with Gasteiger partial charge in [-0.25, -0.2) is 9.48 Å². The molecule has 2 aromatic carbocycles. The summed E-state index contributed by atoms with van der Waals surface area (Å²) in [5.74, 6) is -0.0902. The zero-order valence-electron chi connectivity index (χ0n) is 23.7. The predicted molar refractivity (Wildman–Crippen MR) is 170 cm³/mol. The summed E-state index contributed by atoms with van der Waals surface area (Å²) in [6.45, 7) is 4.01. The lowest BCUT2D eigenvalue weighted by atomic mass is 9.99. The van der Waals surface area contributed by atoms with Crippen molar-refractivity contribution in [3.05, 3.63) is 93.0 Å². The number of nitrogens with one attached hydrogen (secondary N) is 3. The highest BCUT2D eigenvalue weighted by Gasteiger charge is 2.20. The molecule has 3 N–H and O–H groups in total. The number of piperidine rings is 1. The van der Waals surface area contributed by atoms with E-state index in [-0.39, 0.29) is 33.4 Å². The molecule has 1 saturated heterocycles. The lowest BCUT2D eigenvalue weighted by molar-refractivity contribution is 0.0917. The van der Waals surface area contributed by atoms with E-state index >= 15 is 0 Å². The Morgan fingerprint density at radius 2 is 1.58 bits per heavy atom. The van der Waals surface area contributed by atoms with Crippen LogP contribution in [0, 0.1) is 0 Å². The van der Waals surface area contributed by atoms with Crippen molar-refractivity contribution in [1.82, 2.24) is 25.0 Å². The molecule has 1 fully saturated rings. The lowest BCUT2D eigenvalue weighted by Crippen LogP contribution is -2.43. The molecule has 1 aliphatic heterocycles. The van der Waals surface area contributed by atoms with Gasteiger partial charge in [-0.3, -0.25) is 14.6 Å². The molecule has 2 aromatic heterocycles. The fourth-order valence-electron chi connectivity index (χ4n) is 4.90. The highest BCUT2D eigenvalue weighted by Crippen LogP contribution is 2.29. The van der Waals surface area contributed by atoms with E-state index in [1.165, 1.54) is 23.1 Å². The number of hydrogen-bond acceptors (Lipinski definition) is 6. The molecule has 0 spiro atoms. The normalized spacial score (nSPS) is 13.9. The van der Waals surface area contributed by atoms with Crippen molar-refractivity contribution < 1.29 is 9.59 Å². The molecule has 5 rings (SSSR count). The van der Waals surface area contributed by atoms with E-state index in [4.69, 9.17) is 23.2 Å². The number of carbonyl (C=O) groups excluding carboxylic acids is 2. The number of urea groups is 1. The van der Waals surface area contributed by atoms with Gasteiger partial charge in [-0.2, -0.15) is 5.10 Å². The maximum absolute atomic E-state index is 13.0. The monoisotopic (exact) mass is 619 g/mol. The molecule has 4 aromatic rings. The SMILES string of the molecule is CCn1nc(-c2cccc(-c3cccc(C(=O)NC4CCN(C)CC4)c3)c2)cc(NC(=O)Nc2c(Cl)cncc2Cl)c1=O. The van der Waals surface area contributed by atoms with Crippen LogP contribution in [0.4, 0.5) is 16.2 Å². The van der Waals surface area contributed by atoms with Crippen LogP contribution in [-0.4, -0.2) is 57.8 Å². The van der Waals surface area contributed by atoms with Crippen LogP contribution in [0.3, 0.4) is 0 Å². The van der Waals surface area contributed by atoms with E-state index in [2.05, 4.69) is 38.0 Å². The average Bonchev–Trinajstić information content (AvgIpc) is 3.01. The molecule has 0 saturated carbocycles. The molecule has 0 unspecified atom stereocenters. The molecule has 0 aliphatic carbocycles. The van der Waals surface area contributed by atoms with Crippen molar-refractivity contribution in [3.8, 4) is 22.4 Å². The zero-order chi connectivity index (χ0) is 30.5. The Morgan fingerprint density at radius 3 is 2.28 bits per heavy atom. The van der Waals surface area contributed by atoms with E-state index in [0.29, 0.717) is 17.8 Å². The van der Waals surface area contributed by atoms with Gasteiger partial charge >= 0.3 is 6.03 Å². The number of rotatable bonds is 7. The Balaban J connectivity index is 1.38. The second kappa shape index (κ2) is 13.4. The van der Waals surface area contributed by atoms with E-state index in [9.17, 15) is 14.4 Å². The average molecular weight is 621 g/mol. The maximum atomic E-state index is 13.0. The number of likely N-dealkylation sites (tertiary alicyclic amines) is 1. The third-order valence-corrected chi connectivity index (χ3v) is 7.86. The number of carbonyl (C=O) groups is 2. The number of halogens is 2. The molecule has 12 heteroatoms. The van der Waals surface area contributed by atoms with Crippen molar-refractivity contribution in [1.29, 1.82) is 0 Å². The molecule has 0 atom stereocenters. The third-order valence-electron chi connectivity index (χ3n) is 7.28. The Labute approximate surface area is 259 Å². The first kappa shape index (κ1) is 30.2. The van der Waals surface area contributed by atoms with E-state index in [0.717, 1.165) is 42.6 Å². The summed E-state index contributed by atoms with van der Waals surface area (Å²) in [6.07, 6.45) is 4.56. The van der Waals surface area contributed by atoms with Crippen LogP contribution in [0.25, 0.3) is 22.4 Å². The summed E-state index contributed by atoms with van der Waals surface area (Å²) in [7, 11) is 2.09. The van der Waals surface area contributed by atoms with E-state index in [1.54, 1.807) is 6.92 Å². The van der Waals surface area contributed by atoms with Gasteiger partial charge in [0, 0.05) is 36.1 Å².